The van der Waals surface area contributed by atoms with E-state index in [4.69, 9.17) is 0 Å². The molecule has 0 aliphatic carbocycles. The number of nitrogens with one attached hydrogen (secondary N) is 6. The average Bonchev–Trinajstić information content (AvgIpc) is 3.83. The number of sulfonamides is 2. The van der Waals surface area contributed by atoms with Crippen LogP contribution in [-0.2, 0) is 20.0 Å². The first-order valence-electron chi connectivity index (χ1n) is 17.1. The Hall–Kier alpha value is -7.44. The molecular formula is C40H30F2N8O6S2. The quantitative estimate of drug-likeness (QED) is 0.0812. The SMILES string of the molecule is O=C(Nc1ccccc1)c1n[nH]c2ccc(NS(=O)(=O)c3cccc(F)c3)cc12.O=C(Nc1ccccc1)c1n[nH]c2ccc(NS(=O)(=O)c3cccc(F)c3)cc12. The summed E-state index contributed by atoms with van der Waals surface area (Å²) in [6, 6.07) is 36.4. The van der Waals surface area contributed by atoms with Crippen LogP contribution in [0, 0.1) is 11.6 Å². The number of halogens is 2. The van der Waals surface area contributed by atoms with Crippen molar-refractivity contribution in [2.24, 2.45) is 0 Å². The highest BCUT2D eigenvalue weighted by atomic mass is 32.2. The van der Waals surface area contributed by atoms with Crippen molar-refractivity contribution in [2.45, 2.75) is 9.79 Å². The van der Waals surface area contributed by atoms with Crippen LogP contribution in [0.15, 0.2) is 155 Å². The van der Waals surface area contributed by atoms with Gasteiger partial charge in [-0.25, -0.2) is 25.6 Å². The fraction of sp³-hybridized carbons (Fsp3) is 0. The van der Waals surface area contributed by atoms with E-state index in [1.165, 1.54) is 48.5 Å². The van der Waals surface area contributed by atoms with Crippen LogP contribution >= 0.6 is 0 Å². The highest BCUT2D eigenvalue weighted by Gasteiger charge is 2.20. The Morgan fingerprint density at radius 3 is 1.24 bits per heavy atom. The molecule has 0 spiro atoms. The lowest BCUT2D eigenvalue weighted by Crippen LogP contribution is -2.14. The molecule has 0 saturated carbocycles. The number of rotatable bonds is 10. The maximum absolute atomic E-state index is 13.4. The Morgan fingerprint density at radius 2 is 0.862 bits per heavy atom. The smallest absolute Gasteiger partial charge is 0.276 e. The van der Waals surface area contributed by atoms with Crippen molar-refractivity contribution in [2.75, 3.05) is 20.1 Å². The summed E-state index contributed by atoms with van der Waals surface area (Å²) in [4.78, 5) is 24.7. The van der Waals surface area contributed by atoms with Gasteiger partial charge in [-0.2, -0.15) is 10.2 Å². The number of aromatic nitrogens is 4. The van der Waals surface area contributed by atoms with E-state index in [1.54, 1.807) is 60.7 Å². The summed E-state index contributed by atoms with van der Waals surface area (Å²) in [6.45, 7) is 0. The normalized spacial score (nSPS) is 11.3. The third-order valence-electron chi connectivity index (χ3n) is 8.34. The lowest BCUT2D eigenvalue weighted by molar-refractivity contribution is 0.101. The molecule has 0 unspecified atom stereocenters. The Bertz CT molecular complexity index is 2810. The van der Waals surface area contributed by atoms with Crippen LogP contribution in [-0.4, -0.2) is 49.0 Å². The summed E-state index contributed by atoms with van der Waals surface area (Å²) in [5, 5.41) is 19.9. The first kappa shape index (κ1) is 38.8. The zero-order valence-corrected chi connectivity index (χ0v) is 31.4. The van der Waals surface area contributed by atoms with E-state index in [1.807, 2.05) is 12.1 Å². The van der Waals surface area contributed by atoms with Gasteiger partial charge in [-0.05, 0) is 97.1 Å². The monoisotopic (exact) mass is 820 g/mol. The number of benzene rings is 6. The molecule has 14 nitrogen and oxygen atoms in total. The van der Waals surface area contributed by atoms with E-state index in [-0.39, 0.29) is 32.6 Å². The summed E-state index contributed by atoms with van der Waals surface area (Å²) >= 11 is 0. The van der Waals surface area contributed by atoms with Crippen molar-refractivity contribution >= 4 is 76.4 Å². The molecule has 8 rings (SSSR count). The average molecular weight is 821 g/mol. The van der Waals surface area contributed by atoms with Gasteiger partial charge < -0.3 is 10.6 Å². The number of para-hydroxylation sites is 2. The molecule has 0 radical (unpaired) electrons. The van der Waals surface area contributed by atoms with Crippen LogP contribution in [0.5, 0.6) is 0 Å². The van der Waals surface area contributed by atoms with Crippen LogP contribution in [0.2, 0.25) is 0 Å². The van der Waals surface area contributed by atoms with Gasteiger partial charge >= 0.3 is 0 Å². The molecule has 292 valence electrons. The van der Waals surface area contributed by atoms with Gasteiger partial charge in [-0.15, -0.1) is 0 Å². The van der Waals surface area contributed by atoms with Crippen molar-refractivity contribution in [1.82, 2.24) is 20.4 Å². The second kappa shape index (κ2) is 16.3. The lowest BCUT2D eigenvalue weighted by atomic mass is 10.2. The minimum Gasteiger partial charge on any atom is -0.321 e. The van der Waals surface area contributed by atoms with Crippen LogP contribution in [0.3, 0.4) is 0 Å². The molecule has 2 aromatic heterocycles. The molecule has 0 atom stereocenters. The van der Waals surface area contributed by atoms with E-state index in [0.717, 1.165) is 24.3 Å². The van der Waals surface area contributed by atoms with Gasteiger partial charge in [-0.3, -0.25) is 29.2 Å². The number of carbonyl (C=O) groups excluding carboxylic acids is 2. The molecule has 0 aliphatic rings. The van der Waals surface area contributed by atoms with E-state index < -0.39 is 43.5 Å². The molecule has 2 amide bonds. The second-order valence-corrected chi connectivity index (χ2v) is 15.8. The van der Waals surface area contributed by atoms with Gasteiger partial charge in [-0.1, -0.05) is 48.5 Å². The van der Waals surface area contributed by atoms with Gasteiger partial charge in [0, 0.05) is 33.5 Å². The zero-order valence-electron chi connectivity index (χ0n) is 29.8. The fourth-order valence-electron chi connectivity index (χ4n) is 5.62. The van der Waals surface area contributed by atoms with E-state index >= 15 is 0 Å². The maximum Gasteiger partial charge on any atom is 0.276 e. The highest BCUT2D eigenvalue weighted by molar-refractivity contribution is 7.93. The highest BCUT2D eigenvalue weighted by Crippen LogP contribution is 2.26. The first-order valence-corrected chi connectivity index (χ1v) is 20.1. The maximum atomic E-state index is 13.4. The van der Waals surface area contributed by atoms with Crippen LogP contribution in [0.1, 0.15) is 21.0 Å². The second-order valence-electron chi connectivity index (χ2n) is 12.4. The third-order valence-corrected chi connectivity index (χ3v) is 11.1. The van der Waals surface area contributed by atoms with E-state index in [0.29, 0.717) is 33.2 Å². The molecule has 0 fully saturated rings. The lowest BCUT2D eigenvalue weighted by Gasteiger charge is -2.08. The zero-order chi connectivity index (χ0) is 40.9. The summed E-state index contributed by atoms with van der Waals surface area (Å²) < 4.78 is 81.6. The Labute approximate surface area is 329 Å². The molecule has 58 heavy (non-hydrogen) atoms. The number of H-pyrrole nitrogens is 2. The largest absolute Gasteiger partial charge is 0.321 e. The summed E-state index contributed by atoms with van der Waals surface area (Å²) in [5.41, 5.74) is 3.03. The van der Waals surface area contributed by atoms with E-state index in [2.05, 4.69) is 40.5 Å². The van der Waals surface area contributed by atoms with Gasteiger partial charge in [0.2, 0.25) is 0 Å². The van der Waals surface area contributed by atoms with Gasteiger partial charge in [0.1, 0.15) is 11.6 Å². The number of amides is 2. The van der Waals surface area contributed by atoms with Crippen LogP contribution < -0.4 is 20.1 Å². The molecule has 0 aliphatic heterocycles. The van der Waals surface area contributed by atoms with Crippen LogP contribution in [0.4, 0.5) is 31.5 Å². The standard InChI is InChI=1S/2C20H15FN4O3S/c2*21-13-5-4-8-16(11-13)29(27,28)25-15-9-10-18-17(12-15)19(24-23-18)20(26)22-14-6-2-1-3-7-14/h2*1-12,25H,(H,22,26)(H,23,24). The van der Waals surface area contributed by atoms with Crippen molar-refractivity contribution < 1.29 is 35.2 Å². The van der Waals surface area contributed by atoms with Gasteiger partial charge in [0.15, 0.2) is 11.4 Å². The molecular weight excluding hydrogens is 791 g/mol. The molecule has 6 N–H and O–H groups in total. The number of carbonyl (C=O) groups is 2. The number of anilines is 4. The number of hydrogen-bond acceptors (Lipinski definition) is 8. The Balaban J connectivity index is 0.000000177. The van der Waals surface area contributed by atoms with Crippen molar-refractivity contribution in [3.05, 3.63) is 169 Å². The predicted octanol–water partition coefficient (Wildman–Crippen LogP) is 7.51. The first-order chi connectivity index (χ1) is 27.8. The minimum atomic E-state index is -3.99. The van der Waals surface area contributed by atoms with E-state index in [9.17, 15) is 35.2 Å². The fourth-order valence-corrected chi connectivity index (χ4v) is 7.78. The van der Waals surface area contributed by atoms with Crippen molar-refractivity contribution in [1.29, 1.82) is 0 Å². The Morgan fingerprint density at radius 1 is 0.466 bits per heavy atom. The van der Waals surface area contributed by atoms with Gasteiger partial charge in [0.05, 0.1) is 20.8 Å². The molecule has 18 heteroatoms. The third kappa shape index (κ3) is 8.99. The Kier molecular flexibility index (Phi) is 10.9. The predicted molar refractivity (Wildman–Crippen MR) is 215 cm³/mol. The van der Waals surface area contributed by atoms with Crippen molar-refractivity contribution in [3.63, 3.8) is 0 Å². The minimum absolute atomic E-state index is 0.121. The van der Waals surface area contributed by atoms with Gasteiger partial charge in [0.25, 0.3) is 31.9 Å². The number of hydrogen-bond donors (Lipinski definition) is 6. The number of fused-ring (bicyclic) bond motifs is 2. The number of nitrogens with zero attached hydrogens (tertiary/aromatic N) is 2. The van der Waals surface area contributed by atoms with Crippen LogP contribution in [0.25, 0.3) is 21.8 Å². The molecule has 2 heterocycles. The molecule has 8 aromatic rings. The molecule has 0 saturated heterocycles. The summed E-state index contributed by atoms with van der Waals surface area (Å²) in [7, 11) is -7.98. The molecule has 6 aromatic carbocycles. The van der Waals surface area contributed by atoms with Crippen molar-refractivity contribution in [3.8, 4) is 0 Å². The number of aromatic amines is 2. The summed E-state index contributed by atoms with van der Waals surface area (Å²) in [6.07, 6.45) is 0. The summed E-state index contributed by atoms with van der Waals surface area (Å²) in [5.74, 6) is -2.18. The molecule has 0 bridgehead atoms. The topological polar surface area (TPSA) is 208 Å².